The number of rotatable bonds is 6. The Bertz CT molecular complexity index is 786. The van der Waals surface area contributed by atoms with Gasteiger partial charge in [-0.15, -0.1) is 0 Å². The molecule has 0 aliphatic carbocycles. The molecule has 1 aromatic heterocycles. The molecule has 2 aromatic rings. The molecule has 0 spiro atoms. The van der Waals surface area contributed by atoms with E-state index in [0.29, 0.717) is 12.1 Å². The Labute approximate surface area is 143 Å². The number of hydrogen-bond acceptors (Lipinski definition) is 3. The van der Waals surface area contributed by atoms with Crippen molar-refractivity contribution in [3.8, 4) is 11.6 Å². The molecule has 10 heteroatoms. The van der Waals surface area contributed by atoms with E-state index in [1.165, 1.54) is 12.1 Å². The fourth-order valence-electron chi connectivity index (χ4n) is 1.90. The molecule has 1 aromatic carbocycles. The lowest BCUT2D eigenvalue weighted by atomic mass is 9.98. The normalized spacial score (nSPS) is 12.7. The van der Waals surface area contributed by atoms with Crippen LogP contribution in [0.4, 0.5) is 26.3 Å². The number of alkyl halides is 6. The van der Waals surface area contributed by atoms with Crippen LogP contribution in [0.1, 0.15) is 22.8 Å². The van der Waals surface area contributed by atoms with E-state index < -0.39 is 29.2 Å². The molecule has 0 aliphatic heterocycles. The first-order valence-corrected chi connectivity index (χ1v) is 7.04. The predicted octanol–water partition coefficient (Wildman–Crippen LogP) is 4.36. The van der Waals surface area contributed by atoms with Crippen LogP contribution in [0.25, 0.3) is 0 Å². The summed E-state index contributed by atoms with van der Waals surface area (Å²) in [4.78, 5) is 14.7. The van der Waals surface area contributed by atoms with Gasteiger partial charge in [0.15, 0.2) is 0 Å². The van der Waals surface area contributed by atoms with Crippen LogP contribution in [-0.4, -0.2) is 22.7 Å². The molecule has 2 N–H and O–H groups in total. The molecule has 2 rings (SSSR count). The molecule has 1 amide bonds. The van der Waals surface area contributed by atoms with Crippen LogP contribution in [0.15, 0.2) is 42.6 Å². The number of nitrogens with two attached hydrogens (primary N) is 1. The Hall–Kier alpha value is -2.78. The molecule has 0 atom stereocenters. The summed E-state index contributed by atoms with van der Waals surface area (Å²) in [6.45, 7) is -0.278. The largest absolute Gasteiger partial charge is 0.439 e. The monoisotopic (exact) mass is 378 g/mol. The molecule has 0 saturated carbocycles. The Morgan fingerprint density at radius 2 is 1.58 bits per heavy atom. The number of hydrogen-bond donors (Lipinski definition) is 1. The van der Waals surface area contributed by atoms with Gasteiger partial charge in [0, 0.05) is 24.8 Å². The number of primary amides is 1. The third-order valence-corrected chi connectivity index (χ3v) is 3.41. The number of halogens is 6. The van der Waals surface area contributed by atoms with E-state index in [-0.39, 0.29) is 24.1 Å². The second-order valence-electron chi connectivity index (χ2n) is 5.41. The maximum Gasteiger partial charge on any atom is 0.375 e. The molecule has 0 fully saturated rings. The number of pyridine rings is 1. The second kappa shape index (κ2) is 6.50. The molecular formula is C16H12F6N2O2. The zero-order valence-corrected chi connectivity index (χ0v) is 13.2. The van der Waals surface area contributed by atoms with Gasteiger partial charge in [-0.25, -0.2) is 4.98 Å². The Balaban J connectivity index is 2.21. The van der Waals surface area contributed by atoms with Gasteiger partial charge in [-0.05, 0) is 30.3 Å². The molecule has 140 valence electrons. The summed E-state index contributed by atoms with van der Waals surface area (Å²) in [7, 11) is 0. The van der Waals surface area contributed by atoms with Crippen molar-refractivity contribution in [3.63, 3.8) is 0 Å². The highest BCUT2D eigenvalue weighted by Gasteiger charge is 2.69. The first-order chi connectivity index (χ1) is 11.9. The first kappa shape index (κ1) is 19.5. The minimum Gasteiger partial charge on any atom is -0.439 e. The highest BCUT2D eigenvalue weighted by Crippen LogP contribution is 2.51. The summed E-state index contributed by atoms with van der Waals surface area (Å²) in [5.74, 6) is -16.4. The van der Waals surface area contributed by atoms with Crippen molar-refractivity contribution in [1.29, 1.82) is 0 Å². The summed E-state index contributed by atoms with van der Waals surface area (Å²) in [6.07, 6.45) is 1.12. The maximum absolute atomic E-state index is 13.8. The maximum atomic E-state index is 13.8. The van der Waals surface area contributed by atoms with Gasteiger partial charge in [0.2, 0.25) is 11.8 Å². The lowest BCUT2D eigenvalue weighted by Gasteiger charge is -2.31. The fraction of sp³-hybridized carbons (Fsp3) is 0.250. The first-order valence-electron chi connectivity index (χ1n) is 7.04. The van der Waals surface area contributed by atoms with E-state index in [9.17, 15) is 31.1 Å². The number of carbonyl (C=O) groups is 1. The van der Waals surface area contributed by atoms with Gasteiger partial charge in [-0.2, -0.15) is 26.3 Å². The van der Waals surface area contributed by atoms with Crippen molar-refractivity contribution in [2.45, 2.75) is 24.7 Å². The van der Waals surface area contributed by atoms with Crippen molar-refractivity contribution < 1.29 is 35.9 Å². The second-order valence-corrected chi connectivity index (χ2v) is 5.41. The average molecular weight is 378 g/mol. The van der Waals surface area contributed by atoms with E-state index in [1.807, 2.05) is 0 Å². The quantitative estimate of drug-likeness (QED) is 0.760. The molecule has 0 radical (unpaired) electrons. The fourth-order valence-corrected chi connectivity index (χ4v) is 1.90. The van der Waals surface area contributed by atoms with Gasteiger partial charge >= 0.3 is 17.8 Å². The van der Waals surface area contributed by atoms with E-state index in [4.69, 9.17) is 10.5 Å². The number of amides is 1. The lowest BCUT2D eigenvalue weighted by Crippen LogP contribution is -2.50. The smallest absolute Gasteiger partial charge is 0.375 e. The number of nitrogens with zero attached hydrogens (tertiary/aromatic N) is 1. The number of aromatic nitrogens is 1. The van der Waals surface area contributed by atoms with E-state index >= 15 is 0 Å². The lowest BCUT2D eigenvalue weighted by molar-refractivity contribution is -0.308. The highest BCUT2D eigenvalue weighted by atomic mass is 19.3. The highest BCUT2D eigenvalue weighted by molar-refractivity contribution is 5.92. The van der Waals surface area contributed by atoms with Crippen molar-refractivity contribution >= 4 is 5.91 Å². The molecule has 26 heavy (non-hydrogen) atoms. The van der Waals surface area contributed by atoms with Crippen molar-refractivity contribution in [3.05, 3.63) is 53.7 Å². The van der Waals surface area contributed by atoms with Crippen molar-refractivity contribution in [2.75, 3.05) is 0 Å². The molecule has 1 heterocycles. The topological polar surface area (TPSA) is 65.2 Å². The van der Waals surface area contributed by atoms with Crippen LogP contribution in [0.5, 0.6) is 11.6 Å². The molecule has 0 unspecified atom stereocenters. The van der Waals surface area contributed by atoms with Crippen molar-refractivity contribution in [2.24, 2.45) is 5.73 Å². The van der Waals surface area contributed by atoms with Crippen LogP contribution in [0.3, 0.4) is 0 Å². The molecule has 0 bridgehead atoms. The van der Waals surface area contributed by atoms with E-state index in [2.05, 4.69) is 4.98 Å². The Morgan fingerprint density at radius 3 is 2.00 bits per heavy atom. The van der Waals surface area contributed by atoms with Gasteiger partial charge in [-0.3, -0.25) is 4.79 Å². The van der Waals surface area contributed by atoms with Crippen LogP contribution >= 0.6 is 0 Å². The third kappa shape index (κ3) is 3.58. The zero-order valence-electron chi connectivity index (χ0n) is 13.2. The number of benzene rings is 1. The zero-order chi connectivity index (χ0) is 19.8. The van der Waals surface area contributed by atoms with Crippen molar-refractivity contribution in [1.82, 2.24) is 4.98 Å². The molecular weight excluding hydrogens is 366 g/mol. The van der Waals surface area contributed by atoms with Crippen LogP contribution in [0, 0.1) is 0 Å². The van der Waals surface area contributed by atoms with E-state index in [1.54, 1.807) is 0 Å². The van der Waals surface area contributed by atoms with Crippen LogP contribution < -0.4 is 10.5 Å². The summed E-state index contributed by atoms with van der Waals surface area (Å²) in [5.41, 5.74) is 3.84. The van der Waals surface area contributed by atoms with Gasteiger partial charge in [0.05, 0.1) is 5.56 Å². The molecule has 0 saturated heterocycles. The van der Waals surface area contributed by atoms with Crippen LogP contribution in [-0.2, 0) is 5.92 Å². The summed E-state index contributed by atoms with van der Waals surface area (Å²) in [5, 5.41) is 0. The SMILES string of the molecule is CC(F)(F)C(F)(F)C(F)(F)c1ccc(Oc2ccc(C(N)=O)cn2)cc1. The Kier molecular flexibility index (Phi) is 4.89. The van der Waals surface area contributed by atoms with Gasteiger partial charge in [-0.1, -0.05) is 0 Å². The summed E-state index contributed by atoms with van der Waals surface area (Å²) < 4.78 is 85.2. The predicted molar refractivity (Wildman–Crippen MR) is 78.7 cm³/mol. The van der Waals surface area contributed by atoms with Gasteiger partial charge in [0.25, 0.3) is 0 Å². The minimum absolute atomic E-state index is 0.0278. The number of ether oxygens (including phenoxy) is 1. The van der Waals surface area contributed by atoms with Crippen LogP contribution in [0.2, 0.25) is 0 Å². The van der Waals surface area contributed by atoms with Gasteiger partial charge < -0.3 is 10.5 Å². The number of carbonyl (C=O) groups excluding carboxylic acids is 1. The van der Waals surface area contributed by atoms with E-state index in [0.717, 1.165) is 18.3 Å². The average Bonchev–Trinajstić information content (AvgIpc) is 2.54. The summed E-state index contributed by atoms with van der Waals surface area (Å²) in [6, 6.07) is 5.47. The summed E-state index contributed by atoms with van der Waals surface area (Å²) >= 11 is 0. The van der Waals surface area contributed by atoms with Gasteiger partial charge in [0.1, 0.15) is 5.75 Å². The molecule has 4 nitrogen and oxygen atoms in total. The Morgan fingerprint density at radius 1 is 1.00 bits per heavy atom. The standard InChI is InChI=1S/C16H12F6N2O2/c1-14(17,18)16(21,22)15(19,20)10-3-5-11(6-4-10)26-12-7-2-9(8-24-12)13(23)25/h2-8H,1H3,(H2,23,25). The molecule has 0 aliphatic rings. The third-order valence-electron chi connectivity index (χ3n) is 3.41. The minimum atomic E-state index is -5.57.